The molecule has 1 atom stereocenters. The van der Waals surface area contributed by atoms with Crippen molar-refractivity contribution < 1.29 is 9.53 Å². The van der Waals surface area contributed by atoms with Gasteiger partial charge in [0.05, 0.1) is 0 Å². The van der Waals surface area contributed by atoms with Crippen molar-refractivity contribution in [3.63, 3.8) is 0 Å². The second-order valence-electron chi connectivity index (χ2n) is 6.57. The van der Waals surface area contributed by atoms with Crippen LogP contribution in [0.2, 0.25) is 0 Å². The zero-order chi connectivity index (χ0) is 14.8. The van der Waals surface area contributed by atoms with E-state index < -0.39 is 11.7 Å². The van der Waals surface area contributed by atoms with Crippen LogP contribution in [0, 0.1) is 0 Å². The Hall–Kier alpha value is -1.55. The maximum atomic E-state index is 11.8. The van der Waals surface area contributed by atoms with E-state index in [0.29, 0.717) is 0 Å². The van der Waals surface area contributed by atoms with Gasteiger partial charge >= 0.3 is 6.09 Å². The molecule has 1 aromatic carbocycles. The van der Waals surface area contributed by atoms with E-state index in [-0.39, 0.29) is 5.54 Å². The molecule has 0 aliphatic carbocycles. The zero-order valence-corrected chi connectivity index (χ0v) is 12.7. The number of amides is 1. The fourth-order valence-electron chi connectivity index (χ4n) is 2.50. The molecule has 1 aliphatic rings. The van der Waals surface area contributed by atoms with Crippen LogP contribution in [0.5, 0.6) is 0 Å². The number of nitrogens with one attached hydrogen (secondary N) is 2. The highest BCUT2D eigenvalue weighted by atomic mass is 16.6. The summed E-state index contributed by atoms with van der Waals surface area (Å²) >= 11 is 0. The Kier molecular flexibility index (Phi) is 4.04. The number of ether oxygens (including phenoxy) is 1. The molecule has 1 heterocycles. The van der Waals surface area contributed by atoms with Crippen LogP contribution < -0.4 is 10.6 Å². The van der Waals surface area contributed by atoms with E-state index in [0.717, 1.165) is 18.7 Å². The van der Waals surface area contributed by atoms with Crippen molar-refractivity contribution in [1.29, 1.82) is 0 Å². The number of carbonyl (C=O) groups is 1. The number of benzene rings is 1. The lowest BCUT2D eigenvalue weighted by atomic mass is 9.90. The first-order valence-corrected chi connectivity index (χ1v) is 7.14. The molecular weight excluding hydrogens is 252 g/mol. The van der Waals surface area contributed by atoms with Gasteiger partial charge in [0, 0.05) is 11.2 Å². The van der Waals surface area contributed by atoms with E-state index >= 15 is 0 Å². The van der Waals surface area contributed by atoms with Crippen molar-refractivity contribution >= 4 is 11.8 Å². The van der Waals surface area contributed by atoms with E-state index in [9.17, 15) is 4.79 Å². The third-order valence-corrected chi connectivity index (χ3v) is 3.51. The Labute approximate surface area is 120 Å². The van der Waals surface area contributed by atoms with Gasteiger partial charge in [-0.2, -0.15) is 0 Å². The summed E-state index contributed by atoms with van der Waals surface area (Å²) in [6.07, 6.45) is 1.88. The van der Waals surface area contributed by atoms with Gasteiger partial charge in [0.2, 0.25) is 0 Å². The summed E-state index contributed by atoms with van der Waals surface area (Å²) < 4.78 is 5.27. The van der Waals surface area contributed by atoms with Crippen LogP contribution in [0.15, 0.2) is 24.3 Å². The van der Waals surface area contributed by atoms with Crippen LogP contribution in [0.1, 0.15) is 46.1 Å². The van der Waals surface area contributed by atoms with E-state index in [4.69, 9.17) is 4.74 Å². The summed E-state index contributed by atoms with van der Waals surface area (Å²) in [4.78, 5) is 11.8. The molecule has 0 bridgehead atoms. The molecule has 0 aromatic heterocycles. The summed E-state index contributed by atoms with van der Waals surface area (Å²) in [5.41, 5.74) is 1.49. The summed E-state index contributed by atoms with van der Waals surface area (Å²) in [7, 11) is 0. The standard InChI is InChI=1S/C16H24N2O2/c1-15(2,3)20-14(19)18-13-8-5-7-12(11-13)16(4)9-6-10-17-16/h5,7-8,11,17H,6,9-10H2,1-4H3,(H,18,19). The number of hydrogen-bond acceptors (Lipinski definition) is 3. The minimum atomic E-state index is -0.485. The number of hydrogen-bond donors (Lipinski definition) is 2. The second-order valence-corrected chi connectivity index (χ2v) is 6.57. The molecule has 1 fully saturated rings. The first-order chi connectivity index (χ1) is 9.28. The Morgan fingerprint density at radius 1 is 1.40 bits per heavy atom. The number of carbonyl (C=O) groups excluding carboxylic acids is 1. The summed E-state index contributed by atoms with van der Waals surface area (Å²) in [6.45, 7) is 8.80. The topological polar surface area (TPSA) is 50.4 Å². The van der Waals surface area contributed by atoms with Gasteiger partial charge in [-0.15, -0.1) is 0 Å². The van der Waals surface area contributed by atoms with E-state index in [2.05, 4.69) is 23.6 Å². The molecule has 4 nitrogen and oxygen atoms in total. The van der Waals surface area contributed by atoms with Crippen molar-refractivity contribution in [1.82, 2.24) is 5.32 Å². The van der Waals surface area contributed by atoms with Crippen LogP contribution in [0.4, 0.5) is 10.5 Å². The quantitative estimate of drug-likeness (QED) is 0.867. The van der Waals surface area contributed by atoms with Gasteiger partial charge in [0.1, 0.15) is 5.60 Å². The molecule has 2 N–H and O–H groups in total. The van der Waals surface area contributed by atoms with Gasteiger partial charge in [-0.25, -0.2) is 4.79 Å². The number of anilines is 1. The predicted molar refractivity (Wildman–Crippen MR) is 80.9 cm³/mol. The van der Waals surface area contributed by atoms with E-state index in [1.165, 1.54) is 12.0 Å². The normalized spacial score (nSPS) is 22.6. The van der Waals surface area contributed by atoms with Gasteiger partial charge in [-0.05, 0) is 64.8 Å². The predicted octanol–water partition coefficient (Wildman–Crippen LogP) is 3.63. The van der Waals surface area contributed by atoms with Gasteiger partial charge in [0.15, 0.2) is 0 Å². The maximum Gasteiger partial charge on any atom is 0.412 e. The Morgan fingerprint density at radius 3 is 2.75 bits per heavy atom. The molecule has 0 radical (unpaired) electrons. The summed E-state index contributed by atoms with van der Waals surface area (Å²) in [5, 5.41) is 6.31. The van der Waals surface area contributed by atoms with Crippen LogP contribution in [0.25, 0.3) is 0 Å². The van der Waals surface area contributed by atoms with Crippen LogP contribution in [0.3, 0.4) is 0 Å². The van der Waals surface area contributed by atoms with Gasteiger partial charge in [-0.1, -0.05) is 12.1 Å². The minimum Gasteiger partial charge on any atom is -0.444 e. The fourth-order valence-corrected chi connectivity index (χ4v) is 2.50. The molecule has 1 aromatic rings. The minimum absolute atomic E-state index is 0.00558. The first kappa shape index (κ1) is 14.9. The van der Waals surface area contributed by atoms with Crippen molar-refractivity contribution in [2.24, 2.45) is 0 Å². The molecule has 4 heteroatoms. The van der Waals surface area contributed by atoms with Crippen molar-refractivity contribution in [3.8, 4) is 0 Å². The fraction of sp³-hybridized carbons (Fsp3) is 0.562. The lowest BCUT2D eigenvalue weighted by molar-refractivity contribution is 0.0636. The lowest BCUT2D eigenvalue weighted by Gasteiger charge is -2.26. The monoisotopic (exact) mass is 276 g/mol. The van der Waals surface area contributed by atoms with Crippen LogP contribution >= 0.6 is 0 Å². The van der Waals surface area contributed by atoms with E-state index in [1.807, 2.05) is 39.0 Å². The molecular formula is C16H24N2O2. The summed E-state index contributed by atoms with van der Waals surface area (Å²) in [6, 6.07) is 7.96. The molecule has 1 unspecified atom stereocenters. The Morgan fingerprint density at radius 2 is 2.15 bits per heavy atom. The third-order valence-electron chi connectivity index (χ3n) is 3.51. The molecule has 1 amide bonds. The molecule has 1 aliphatic heterocycles. The van der Waals surface area contributed by atoms with Gasteiger partial charge < -0.3 is 10.1 Å². The average molecular weight is 276 g/mol. The van der Waals surface area contributed by atoms with Crippen LogP contribution in [-0.4, -0.2) is 18.2 Å². The maximum absolute atomic E-state index is 11.8. The smallest absolute Gasteiger partial charge is 0.412 e. The lowest BCUT2D eigenvalue weighted by Crippen LogP contribution is -2.33. The summed E-state index contributed by atoms with van der Waals surface area (Å²) in [5.74, 6) is 0. The molecule has 110 valence electrons. The molecule has 1 saturated heterocycles. The highest BCUT2D eigenvalue weighted by molar-refractivity contribution is 5.85. The molecule has 20 heavy (non-hydrogen) atoms. The Balaban J connectivity index is 2.08. The first-order valence-electron chi connectivity index (χ1n) is 7.14. The SMILES string of the molecule is CC(C)(C)OC(=O)Nc1cccc(C2(C)CCCN2)c1. The highest BCUT2D eigenvalue weighted by Gasteiger charge is 2.30. The molecule has 0 spiro atoms. The molecule has 0 saturated carbocycles. The van der Waals surface area contributed by atoms with Crippen molar-refractivity contribution in [2.45, 2.75) is 51.7 Å². The molecule has 2 rings (SSSR count). The third kappa shape index (κ3) is 3.73. The van der Waals surface area contributed by atoms with E-state index in [1.54, 1.807) is 0 Å². The Bertz CT molecular complexity index is 485. The van der Waals surface area contributed by atoms with Gasteiger partial charge in [0.25, 0.3) is 0 Å². The largest absolute Gasteiger partial charge is 0.444 e. The average Bonchev–Trinajstić information content (AvgIpc) is 2.75. The second kappa shape index (κ2) is 5.44. The van der Waals surface area contributed by atoms with Crippen molar-refractivity contribution in [2.75, 3.05) is 11.9 Å². The number of rotatable bonds is 2. The van der Waals surface area contributed by atoms with Crippen LogP contribution in [-0.2, 0) is 10.3 Å². The zero-order valence-electron chi connectivity index (χ0n) is 12.7. The highest BCUT2D eigenvalue weighted by Crippen LogP contribution is 2.31. The van der Waals surface area contributed by atoms with Gasteiger partial charge in [-0.3, -0.25) is 5.32 Å². The van der Waals surface area contributed by atoms with Crippen molar-refractivity contribution in [3.05, 3.63) is 29.8 Å².